The van der Waals surface area contributed by atoms with E-state index in [1.54, 1.807) is 11.1 Å². The summed E-state index contributed by atoms with van der Waals surface area (Å²) in [5.41, 5.74) is 10.8. The van der Waals surface area contributed by atoms with Crippen LogP contribution in [0.25, 0.3) is 17.2 Å². The van der Waals surface area contributed by atoms with Crippen LogP contribution in [0.5, 0.6) is 0 Å². The topological polar surface area (TPSA) is 15.4 Å². The van der Waals surface area contributed by atoms with E-state index in [9.17, 15) is 0 Å². The molecule has 3 aromatic carbocycles. The maximum Gasteiger partial charge on any atom is 0.196 e. The smallest absolute Gasteiger partial charge is 0.0934 e. The van der Waals surface area contributed by atoms with Gasteiger partial charge < -0.3 is 0 Å². The lowest BCUT2D eigenvalue weighted by molar-refractivity contribution is -0.491. The van der Waals surface area contributed by atoms with Crippen molar-refractivity contribution in [1.82, 2.24) is 0 Å². The first-order chi connectivity index (χ1) is 21.1. The van der Waals surface area contributed by atoms with E-state index in [0.29, 0.717) is 0 Å². The van der Waals surface area contributed by atoms with E-state index in [1.165, 1.54) is 118 Å². The van der Waals surface area contributed by atoms with Crippen LogP contribution >= 0.6 is 0 Å². The van der Waals surface area contributed by atoms with E-state index >= 15 is 0 Å². The molecule has 0 unspecified atom stereocenters. The molecule has 0 saturated heterocycles. The molecule has 3 aromatic rings. The van der Waals surface area contributed by atoms with Crippen molar-refractivity contribution >= 4 is 11.8 Å². The first kappa shape index (κ1) is 34.5. The molecule has 232 valence electrons. The molecule has 0 aliphatic heterocycles. The third-order valence-corrected chi connectivity index (χ3v) is 8.67. The lowest BCUT2D eigenvalue weighted by atomic mass is 9.90. The average Bonchev–Trinajstić information content (AvgIpc) is 3.04. The van der Waals surface area contributed by atoms with Crippen molar-refractivity contribution < 1.29 is 4.70 Å². The number of aryl methyl sites for hydroxylation is 3. The largest absolute Gasteiger partial charge is 0.196 e. The number of rotatable bonds is 20. The number of hydrogen-bond acceptors (Lipinski definition) is 1. The molecule has 2 nitrogen and oxygen atoms in total. The molecule has 0 radical (unpaired) electrons. The number of hydrogen-bond donors (Lipinski definition) is 0. The van der Waals surface area contributed by atoms with Crippen molar-refractivity contribution in [2.45, 2.75) is 130 Å². The van der Waals surface area contributed by atoms with Gasteiger partial charge in [0.15, 0.2) is 13.2 Å². The molecular formula is C41H59N2+. The highest BCUT2D eigenvalue weighted by atomic mass is 15.2. The summed E-state index contributed by atoms with van der Waals surface area (Å²) in [6, 6.07) is 22.3. The molecule has 0 N–H and O–H groups in total. The second-order valence-corrected chi connectivity index (χ2v) is 12.3. The molecule has 0 spiro atoms. The molecule has 0 amide bonds. The van der Waals surface area contributed by atoms with Gasteiger partial charge in [-0.1, -0.05) is 139 Å². The van der Waals surface area contributed by atoms with Gasteiger partial charge in [0, 0.05) is 6.08 Å². The summed E-state index contributed by atoms with van der Waals surface area (Å²) in [4.78, 5) is 0. The van der Waals surface area contributed by atoms with Crippen LogP contribution in [0.2, 0.25) is 0 Å². The number of benzene rings is 3. The van der Waals surface area contributed by atoms with Gasteiger partial charge in [0.25, 0.3) is 0 Å². The lowest BCUT2D eigenvalue weighted by Gasteiger charge is -2.15. The van der Waals surface area contributed by atoms with Gasteiger partial charge in [-0.15, -0.1) is 0 Å². The van der Waals surface area contributed by atoms with E-state index in [0.717, 1.165) is 18.5 Å². The molecule has 0 saturated carbocycles. The van der Waals surface area contributed by atoms with Crippen molar-refractivity contribution in [2.75, 3.05) is 7.05 Å². The Kier molecular flexibility index (Phi) is 16.1. The second kappa shape index (κ2) is 20.0. The maximum atomic E-state index is 5.05. The van der Waals surface area contributed by atoms with E-state index in [1.807, 2.05) is 4.70 Å². The van der Waals surface area contributed by atoms with Gasteiger partial charge in [-0.25, -0.2) is 0 Å². The van der Waals surface area contributed by atoms with Crippen LogP contribution in [-0.4, -0.2) is 11.7 Å². The standard InChI is InChI=1S/C41H59N2/c1-6-10-12-14-16-19-25-38-33-40(32-36(9-4)41(38)26-22-17-15-13-11-7-2)42-43(5)28-27-35-29-34(8-3)30-39(31-35)37-23-20-18-21-24-37/h18,20-21,23-24,27-33H,6-17,19,22,25-26H2,1-5H3/q+1. The first-order valence-electron chi connectivity index (χ1n) is 17.5. The SMILES string of the molecule is CCCCCCCCc1cc(N=[N+](C)C=Cc2cc(CC)cc(-c3ccccc3)c2)cc(CC)c1CCCCCCCC. The van der Waals surface area contributed by atoms with Crippen molar-refractivity contribution in [1.29, 1.82) is 0 Å². The molecule has 0 atom stereocenters. The third-order valence-electron chi connectivity index (χ3n) is 8.67. The third kappa shape index (κ3) is 12.3. The Morgan fingerprint density at radius 1 is 0.605 bits per heavy atom. The molecule has 43 heavy (non-hydrogen) atoms. The summed E-state index contributed by atoms with van der Waals surface area (Å²) < 4.78 is 1.98. The number of nitrogens with zero attached hydrogens (tertiary/aromatic N) is 2. The second-order valence-electron chi connectivity index (χ2n) is 12.3. The van der Waals surface area contributed by atoms with Crippen LogP contribution in [0, 0.1) is 0 Å². The lowest BCUT2D eigenvalue weighted by Crippen LogP contribution is -2.02. The fourth-order valence-corrected chi connectivity index (χ4v) is 6.10. The van der Waals surface area contributed by atoms with E-state index in [2.05, 4.69) is 108 Å². The zero-order valence-electron chi connectivity index (χ0n) is 28.1. The minimum atomic E-state index is 1.02. The Bertz CT molecular complexity index is 1270. The van der Waals surface area contributed by atoms with Crippen molar-refractivity contribution in [3.63, 3.8) is 0 Å². The fraction of sp³-hybridized carbons (Fsp3) is 0.512. The van der Waals surface area contributed by atoms with E-state index in [4.69, 9.17) is 5.11 Å². The fourth-order valence-electron chi connectivity index (χ4n) is 6.10. The van der Waals surface area contributed by atoms with Gasteiger partial charge in [0.05, 0.1) is 0 Å². The van der Waals surface area contributed by atoms with Crippen molar-refractivity contribution in [3.05, 3.63) is 94.7 Å². The van der Waals surface area contributed by atoms with Crippen LogP contribution < -0.4 is 0 Å². The van der Waals surface area contributed by atoms with Gasteiger partial charge in [-0.3, -0.25) is 0 Å². The minimum Gasteiger partial charge on any atom is -0.0934 e. The summed E-state index contributed by atoms with van der Waals surface area (Å²) in [6.45, 7) is 9.14. The summed E-state index contributed by atoms with van der Waals surface area (Å²) in [5.74, 6) is 0. The van der Waals surface area contributed by atoms with E-state index in [-0.39, 0.29) is 0 Å². The number of unbranched alkanes of at least 4 members (excludes halogenated alkanes) is 10. The zero-order chi connectivity index (χ0) is 30.7. The van der Waals surface area contributed by atoms with Crippen LogP contribution in [0.1, 0.15) is 133 Å². The van der Waals surface area contributed by atoms with Gasteiger partial charge in [-0.2, -0.15) is 0 Å². The Labute approximate surface area is 264 Å². The average molecular weight is 580 g/mol. The summed E-state index contributed by atoms with van der Waals surface area (Å²) in [5, 5.41) is 5.05. The van der Waals surface area contributed by atoms with Crippen LogP contribution in [-0.2, 0) is 25.7 Å². The molecule has 0 aromatic heterocycles. The zero-order valence-corrected chi connectivity index (χ0v) is 28.1. The molecule has 3 rings (SSSR count). The van der Waals surface area contributed by atoms with Gasteiger partial charge in [-0.05, 0) is 101 Å². The molecular weight excluding hydrogens is 520 g/mol. The Morgan fingerprint density at radius 2 is 1.23 bits per heavy atom. The summed E-state index contributed by atoms with van der Waals surface area (Å²) in [6.07, 6.45) is 24.9. The maximum absolute atomic E-state index is 5.05. The minimum absolute atomic E-state index is 1.02. The monoisotopic (exact) mass is 579 g/mol. The highest BCUT2D eigenvalue weighted by Gasteiger charge is 2.12. The molecule has 0 heterocycles. The van der Waals surface area contributed by atoms with Crippen LogP contribution in [0.3, 0.4) is 0 Å². The Hall–Kier alpha value is -3.00. The van der Waals surface area contributed by atoms with Crippen molar-refractivity contribution in [3.8, 4) is 11.1 Å². The van der Waals surface area contributed by atoms with E-state index < -0.39 is 0 Å². The molecule has 0 fully saturated rings. The van der Waals surface area contributed by atoms with Crippen molar-refractivity contribution in [2.24, 2.45) is 5.11 Å². The quantitative estimate of drug-likeness (QED) is 0.0718. The Balaban J connectivity index is 1.80. The molecule has 2 heteroatoms. The molecule has 0 aliphatic carbocycles. The van der Waals surface area contributed by atoms with Gasteiger partial charge in [0.2, 0.25) is 0 Å². The molecule has 0 bridgehead atoms. The Morgan fingerprint density at radius 3 is 1.88 bits per heavy atom. The summed E-state index contributed by atoms with van der Waals surface area (Å²) >= 11 is 0. The normalized spacial score (nSPS) is 12.0. The highest BCUT2D eigenvalue weighted by molar-refractivity contribution is 5.68. The van der Waals surface area contributed by atoms with Gasteiger partial charge >= 0.3 is 0 Å². The summed E-state index contributed by atoms with van der Waals surface area (Å²) in [7, 11) is 2.06. The van der Waals surface area contributed by atoms with Gasteiger partial charge in [0.1, 0.15) is 5.69 Å². The van der Waals surface area contributed by atoms with Crippen LogP contribution in [0.4, 0.5) is 5.69 Å². The first-order valence-corrected chi connectivity index (χ1v) is 17.5. The highest BCUT2D eigenvalue weighted by Crippen LogP contribution is 2.28. The van der Waals surface area contributed by atoms with Crippen LogP contribution in [0.15, 0.2) is 72.0 Å². The number of azo groups is 2. The predicted octanol–water partition coefficient (Wildman–Crippen LogP) is 12.7. The predicted molar refractivity (Wildman–Crippen MR) is 189 cm³/mol. The molecule has 0 aliphatic rings.